The number of rotatable bonds is 3. The quantitative estimate of drug-likeness (QED) is 0.632. The number of nitrogens with one attached hydrogen (secondary N) is 1. The first-order chi connectivity index (χ1) is 8.90. The lowest BCUT2D eigenvalue weighted by atomic mass is 10.1. The summed E-state index contributed by atoms with van der Waals surface area (Å²) in [6.07, 6.45) is 3.08. The predicted octanol–water partition coefficient (Wildman–Crippen LogP) is -1.71. The highest BCUT2D eigenvalue weighted by Gasteiger charge is 2.37. The topological polar surface area (TPSA) is 110 Å². The van der Waals surface area contributed by atoms with Crippen LogP contribution in [0.2, 0.25) is 0 Å². The van der Waals surface area contributed by atoms with Crippen molar-refractivity contribution in [2.24, 2.45) is 12.8 Å². The highest BCUT2D eigenvalue weighted by Crippen LogP contribution is 2.13. The molecule has 2 atom stereocenters. The molecule has 8 nitrogen and oxygen atoms in total. The van der Waals surface area contributed by atoms with Crippen molar-refractivity contribution in [3.8, 4) is 0 Å². The largest absolute Gasteiger partial charge is 0.342 e. The zero-order chi connectivity index (χ0) is 14.2. The van der Waals surface area contributed by atoms with Gasteiger partial charge in [0, 0.05) is 25.9 Å². The molecule has 0 bridgehead atoms. The fourth-order valence-electron chi connectivity index (χ4n) is 1.88. The maximum Gasteiger partial charge on any atom is 0.252 e. The van der Waals surface area contributed by atoms with Crippen LogP contribution in [0.1, 0.15) is 18.0 Å². The zero-order valence-corrected chi connectivity index (χ0v) is 10.7. The summed E-state index contributed by atoms with van der Waals surface area (Å²) in [6.45, 7) is 0. The van der Waals surface area contributed by atoms with Crippen LogP contribution in [-0.4, -0.2) is 45.5 Å². The maximum atomic E-state index is 11.9. The fourth-order valence-corrected chi connectivity index (χ4v) is 1.88. The van der Waals surface area contributed by atoms with Crippen LogP contribution >= 0.6 is 0 Å². The summed E-state index contributed by atoms with van der Waals surface area (Å²) < 4.78 is 1.53. The Labute approximate surface area is 109 Å². The first-order valence-corrected chi connectivity index (χ1v) is 5.75. The van der Waals surface area contributed by atoms with E-state index in [1.54, 1.807) is 13.2 Å². The number of carbonyl (C=O) groups is 3. The Morgan fingerprint density at radius 3 is 2.68 bits per heavy atom. The first kappa shape index (κ1) is 13.2. The molecule has 0 saturated carbocycles. The number of amides is 3. The van der Waals surface area contributed by atoms with Gasteiger partial charge in [-0.3, -0.25) is 24.0 Å². The molecule has 102 valence electrons. The number of likely N-dealkylation sites (tertiary alicyclic amines) is 1. The van der Waals surface area contributed by atoms with Crippen LogP contribution in [0.15, 0.2) is 12.4 Å². The van der Waals surface area contributed by atoms with E-state index in [1.807, 2.05) is 0 Å². The standard InChI is InChI=1S/C11H15N5O3/c1-15-5-6(4-13-15)9(12)10(18)14-7-3-8(17)16(2)11(7)19/h4-5,7,9H,3,12H2,1-2H3,(H,14,18). The molecule has 1 aromatic heterocycles. The highest BCUT2D eigenvalue weighted by atomic mass is 16.2. The minimum absolute atomic E-state index is 0.0270. The van der Waals surface area contributed by atoms with Crippen LogP contribution in [0, 0.1) is 0 Å². The van der Waals surface area contributed by atoms with Crippen LogP contribution in [0.5, 0.6) is 0 Å². The second-order valence-electron chi connectivity index (χ2n) is 4.48. The molecule has 1 aliphatic rings. The molecule has 0 aliphatic carbocycles. The van der Waals surface area contributed by atoms with Gasteiger partial charge in [-0.1, -0.05) is 0 Å². The second kappa shape index (κ2) is 4.81. The average molecular weight is 265 g/mol. The Bertz CT molecular complexity index is 538. The van der Waals surface area contributed by atoms with E-state index >= 15 is 0 Å². The molecule has 1 aliphatic heterocycles. The molecule has 3 N–H and O–H groups in total. The van der Waals surface area contributed by atoms with Crippen LogP contribution in [0.4, 0.5) is 0 Å². The molecular formula is C11H15N5O3. The van der Waals surface area contributed by atoms with Crippen molar-refractivity contribution in [1.29, 1.82) is 0 Å². The smallest absolute Gasteiger partial charge is 0.252 e. The third-order valence-corrected chi connectivity index (χ3v) is 3.06. The number of nitrogens with two attached hydrogens (primary N) is 1. The highest BCUT2D eigenvalue weighted by molar-refractivity contribution is 6.06. The van der Waals surface area contributed by atoms with E-state index in [0.29, 0.717) is 5.56 Å². The summed E-state index contributed by atoms with van der Waals surface area (Å²) in [6, 6.07) is -1.74. The Morgan fingerprint density at radius 2 is 2.21 bits per heavy atom. The molecule has 1 fully saturated rings. The van der Waals surface area contributed by atoms with Gasteiger partial charge < -0.3 is 11.1 Å². The van der Waals surface area contributed by atoms with Gasteiger partial charge in [0.2, 0.25) is 11.8 Å². The second-order valence-corrected chi connectivity index (χ2v) is 4.48. The van der Waals surface area contributed by atoms with Crippen LogP contribution in [0.3, 0.4) is 0 Å². The average Bonchev–Trinajstić information content (AvgIpc) is 2.89. The van der Waals surface area contributed by atoms with Crippen molar-refractivity contribution in [3.63, 3.8) is 0 Å². The number of aromatic nitrogens is 2. The third kappa shape index (κ3) is 2.48. The molecule has 2 rings (SSSR count). The van der Waals surface area contributed by atoms with Gasteiger partial charge in [0.25, 0.3) is 5.91 Å². The van der Waals surface area contributed by atoms with Gasteiger partial charge in [-0.2, -0.15) is 5.10 Å². The normalized spacial score (nSPS) is 20.8. The van der Waals surface area contributed by atoms with Gasteiger partial charge in [-0.25, -0.2) is 0 Å². The number of hydrogen-bond acceptors (Lipinski definition) is 5. The summed E-state index contributed by atoms with van der Waals surface area (Å²) in [4.78, 5) is 35.9. The number of carbonyl (C=O) groups excluding carboxylic acids is 3. The summed E-state index contributed by atoms with van der Waals surface area (Å²) >= 11 is 0. The van der Waals surface area contributed by atoms with E-state index < -0.39 is 23.9 Å². The molecule has 0 spiro atoms. The number of nitrogens with zero attached hydrogens (tertiary/aromatic N) is 3. The molecule has 1 aromatic rings. The van der Waals surface area contributed by atoms with Gasteiger partial charge in [0.15, 0.2) is 0 Å². The minimum atomic E-state index is -0.914. The molecular weight excluding hydrogens is 250 g/mol. The molecule has 2 heterocycles. The number of hydrogen-bond donors (Lipinski definition) is 2. The van der Waals surface area contributed by atoms with Crippen molar-refractivity contribution in [2.75, 3.05) is 7.05 Å². The van der Waals surface area contributed by atoms with E-state index in [1.165, 1.54) is 17.9 Å². The van der Waals surface area contributed by atoms with Gasteiger partial charge in [-0.15, -0.1) is 0 Å². The summed E-state index contributed by atoms with van der Waals surface area (Å²) in [5, 5.41) is 6.40. The molecule has 0 aromatic carbocycles. The Kier molecular flexibility index (Phi) is 3.34. The van der Waals surface area contributed by atoms with Crippen LogP contribution < -0.4 is 11.1 Å². The third-order valence-electron chi connectivity index (χ3n) is 3.06. The Balaban J connectivity index is 2.02. The maximum absolute atomic E-state index is 11.9. The minimum Gasteiger partial charge on any atom is -0.342 e. The number of imide groups is 1. The van der Waals surface area contributed by atoms with Crippen molar-refractivity contribution >= 4 is 17.7 Å². The van der Waals surface area contributed by atoms with E-state index in [0.717, 1.165) is 4.90 Å². The fraction of sp³-hybridized carbons (Fsp3) is 0.455. The van der Waals surface area contributed by atoms with E-state index in [4.69, 9.17) is 5.73 Å². The van der Waals surface area contributed by atoms with Gasteiger partial charge in [0.05, 0.1) is 12.6 Å². The van der Waals surface area contributed by atoms with E-state index in [9.17, 15) is 14.4 Å². The Hall–Kier alpha value is -2.22. The van der Waals surface area contributed by atoms with Crippen molar-refractivity contribution in [1.82, 2.24) is 20.0 Å². The van der Waals surface area contributed by atoms with Crippen molar-refractivity contribution < 1.29 is 14.4 Å². The molecule has 3 amide bonds. The summed E-state index contributed by atoms with van der Waals surface area (Å²) in [5.74, 6) is -1.24. The molecule has 19 heavy (non-hydrogen) atoms. The van der Waals surface area contributed by atoms with Crippen LogP contribution in [-0.2, 0) is 21.4 Å². The summed E-state index contributed by atoms with van der Waals surface area (Å²) in [5.41, 5.74) is 6.32. The SMILES string of the molecule is CN1C(=O)CC(NC(=O)C(N)c2cnn(C)c2)C1=O. The predicted molar refractivity (Wildman–Crippen MR) is 64.5 cm³/mol. The van der Waals surface area contributed by atoms with Gasteiger partial charge >= 0.3 is 0 Å². The van der Waals surface area contributed by atoms with E-state index in [2.05, 4.69) is 10.4 Å². The monoisotopic (exact) mass is 265 g/mol. The number of aryl methyl sites for hydroxylation is 1. The molecule has 0 radical (unpaired) electrons. The van der Waals surface area contributed by atoms with E-state index in [-0.39, 0.29) is 12.3 Å². The Morgan fingerprint density at radius 1 is 1.53 bits per heavy atom. The van der Waals surface area contributed by atoms with Crippen molar-refractivity contribution in [2.45, 2.75) is 18.5 Å². The lowest BCUT2D eigenvalue weighted by molar-refractivity contribution is -0.138. The molecule has 2 unspecified atom stereocenters. The lowest BCUT2D eigenvalue weighted by Gasteiger charge is -2.14. The van der Waals surface area contributed by atoms with Gasteiger partial charge in [0.1, 0.15) is 12.1 Å². The lowest BCUT2D eigenvalue weighted by Crippen LogP contribution is -2.44. The van der Waals surface area contributed by atoms with Crippen molar-refractivity contribution in [3.05, 3.63) is 18.0 Å². The number of likely N-dealkylation sites (N-methyl/N-ethyl adjacent to an activating group) is 1. The van der Waals surface area contributed by atoms with Crippen LogP contribution in [0.25, 0.3) is 0 Å². The summed E-state index contributed by atoms with van der Waals surface area (Å²) in [7, 11) is 3.10. The first-order valence-electron chi connectivity index (χ1n) is 5.75. The zero-order valence-electron chi connectivity index (χ0n) is 10.7. The molecule has 8 heteroatoms. The molecule has 1 saturated heterocycles. The van der Waals surface area contributed by atoms with Gasteiger partial charge in [-0.05, 0) is 0 Å².